The smallest absolute Gasteiger partial charge is 0.267 e. The zero-order valence-electron chi connectivity index (χ0n) is 13.9. The molecule has 2 aliphatic rings. The van der Waals surface area contributed by atoms with Gasteiger partial charge in [0.15, 0.2) is 11.5 Å². The zero-order valence-corrected chi connectivity index (χ0v) is 13.9. The molecule has 128 valence electrons. The standard InChI is InChI=1S/C18H20N6O/c19-11-16-18(21-10-9-20-16)22-13-3-5-14(6-4-13)24-17(25)8-7-15(23-24)12-1-2-12/h7-10,12-14H,1-6H2,(H,21,22). The lowest BCUT2D eigenvalue weighted by molar-refractivity contribution is 0.301. The van der Waals surface area contributed by atoms with Crippen LogP contribution in [0.15, 0.2) is 29.3 Å². The lowest BCUT2D eigenvalue weighted by atomic mass is 9.91. The Kier molecular flexibility index (Phi) is 4.18. The quantitative estimate of drug-likeness (QED) is 0.921. The van der Waals surface area contributed by atoms with Crippen molar-refractivity contribution in [1.82, 2.24) is 19.7 Å². The Morgan fingerprint density at radius 2 is 1.84 bits per heavy atom. The highest BCUT2D eigenvalue weighted by Gasteiger charge is 2.28. The first kappa shape index (κ1) is 15.8. The number of nitriles is 1. The average Bonchev–Trinajstić information content (AvgIpc) is 3.49. The molecule has 7 nitrogen and oxygen atoms in total. The molecule has 0 aromatic carbocycles. The van der Waals surface area contributed by atoms with Gasteiger partial charge in [-0.25, -0.2) is 14.6 Å². The summed E-state index contributed by atoms with van der Waals surface area (Å²) in [7, 11) is 0. The number of nitrogens with zero attached hydrogens (tertiary/aromatic N) is 5. The number of aromatic nitrogens is 4. The summed E-state index contributed by atoms with van der Waals surface area (Å²) in [4.78, 5) is 20.4. The lowest BCUT2D eigenvalue weighted by Crippen LogP contribution is -2.33. The first-order valence-corrected chi connectivity index (χ1v) is 8.82. The molecule has 0 unspecified atom stereocenters. The van der Waals surface area contributed by atoms with Gasteiger partial charge in [0, 0.05) is 30.4 Å². The van der Waals surface area contributed by atoms with E-state index in [9.17, 15) is 4.79 Å². The number of hydrogen-bond donors (Lipinski definition) is 1. The summed E-state index contributed by atoms with van der Waals surface area (Å²) in [5.74, 6) is 1.09. The van der Waals surface area contributed by atoms with E-state index in [1.807, 2.05) is 6.07 Å². The molecule has 1 N–H and O–H groups in total. The molecule has 0 amide bonds. The third-order valence-electron chi connectivity index (χ3n) is 5.03. The van der Waals surface area contributed by atoms with E-state index in [1.165, 1.54) is 19.0 Å². The van der Waals surface area contributed by atoms with Crippen LogP contribution in [0.1, 0.15) is 61.9 Å². The highest BCUT2D eigenvalue weighted by Crippen LogP contribution is 2.38. The van der Waals surface area contributed by atoms with Crippen LogP contribution < -0.4 is 10.9 Å². The first-order valence-electron chi connectivity index (χ1n) is 8.82. The summed E-state index contributed by atoms with van der Waals surface area (Å²) in [6.45, 7) is 0. The van der Waals surface area contributed by atoms with Gasteiger partial charge in [-0.15, -0.1) is 0 Å². The minimum atomic E-state index is -0.0125. The van der Waals surface area contributed by atoms with E-state index in [4.69, 9.17) is 5.26 Å². The Morgan fingerprint density at radius 3 is 2.56 bits per heavy atom. The van der Waals surface area contributed by atoms with Crippen LogP contribution >= 0.6 is 0 Å². The highest BCUT2D eigenvalue weighted by molar-refractivity contribution is 5.47. The van der Waals surface area contributed by atoms with Crippen LogP contribution in [0, 0.1) is 11.3 Å². The van der Waals surface area contributed by atoms with Gasteiger partial charge < -0.3 is 5.32 Å². The number of anilines is 1. The molecule has 2 fully saturated rings. The molecule has 2 aromatic rings. The van der Waals surface area contributed by atoms with Gasteiger partial charge in [0.1, 0.15) is 6.07 Å². The number of nitrogens with one attached hydrogen (secondary N) is 1. The highest BCUT2D eigenvalue weighted by atomic mass is 16.1. The van der Waals surface area contributed by atoms with Crippen molar-refractivity contribution in [3.63, 3.8) is 0 Å². The van der Waals surface area contributed by atoms with Crippen LogP contribution in [-0.4, -0.2) is 25.8 Å². The Hall–Kier alpha value is -2.75. The summed E-state index contributed by atoms with van der Waals surface area (Å²) in [6, 6.07) is 5.98. The van der Waals surface area contributed by atoms with Crippen LogP contribution in [0.3, 0.4) is 0 Å². The fourth-order valence-electron chi connectivity index (χ4n) is 3.48. The summed E-state index contributed by atoms with van der Waals surface area (Å²) < 4.78 is 1.69. The molecule has 2 saturated carbocycles. The Morgan fingerprint density at radius 1 is 1.08 bits per heavy atom. The van der Waals surface area contributed by atoms with E-state index in [1.54, 1.807) is 16.9 Å². The van der Waals surface area contributed by atoms with Gasteiger partial charge in [-0.1, -0.05) is 0 Å². The number of rotatable bonds is 4. The summed E-state index contributed by atoms with van der Waals surface area (Å²) in [5.41, 5.74) is 1.36. The van der Waals surface area contributed by atoms with E-state index in [0.717, 1.165) is 31.4 Å². The summed E-state index contributed by atoms with van der Waals surface area (Å²) >= 11 is 0. The van der Waals surface area contributed by atoms with Crippen molar-refractivity contribution in [3.8, 4) is 6.07 Å². The molecule has 0 aliphatic heterocycles. The van der Waals surface area contributed by atoms with Gasteiger partial charge >= 0.3 is 0 Å². The first-order chi connectivity index (χ1) is 12.2. The second-order valence-electron chi connectivity index (χ2n) is 6.83. The molecular formula is C18H20N6O. The third kappa shape index (κ3) is 3.38. The topological polar surface area (TPSA) is 96.5 Å². The second kappa shape index (κ2) is 6.63. The van der Waals surface area contributed by atoms with Crippen molar-refractivity contribution in [2.75, 3.05) is 5.32 Å². The van der Waals surface area contributed by atoms with Crippen LogP contribution in [-0.2, 0) is 0 Å². The Labute approximate surface area is 145 Å². The van der Waals surface area contributed by atoms with Gasteiger partial charge in [-0.2, -0.15) is 10.4 Å². The maximum absolute atomic E-state index is 12.2. The molecule has 25 heavy (non-hydrogen) atoms. The van der Waals surface area contributed by atoms with E-state index < -0.39 is 0 Å². The minimum Gasteiger partial charge on any atom is -0.365 e. The van der Waals surface area contributed by atoms with Gasteiger partial charge in [-0.05, 0) is 44.6 Å². The molecule has 2 aliphatic carbocycles. The maximum Gasteiger partial charge on any atom is 0.267 e. The SMILES string of the molecule is N#Cc1nccnc1NC1CCC(n2nc(C3CC3)ccc2=O)CC1. The van der Waals surface area contributed by atoms with E-state index >= 15 is 0 Å². The molecule has 0 atom stereocenters. The largest absolute Gasteiger partial charge is 0.365 e. The average molecular weight is 336 g/mol. The lowest BCUT2D eigenvalue weighted by Gasteiger charge is -2.30. The predicted molar refractivity (Wildman–Crippen MR) is 92.1 cm³/mol. The Bertz CT molecular complexity index is 858. The van der Waals surface area contributed by atoms with Crippen molar-refractivity contribution in [1.29, 1.82) is 5.26 Å². The maximum atomic E-state index is 12.2. The molecular weight excluding hydrogens is 316 g/mol. The van der Waals surface area contributed by atoms with Crippen molar-refractivity contribution < 1.29 is 0 Å². The number of hydrogen-bond acceptors (Lipinski definition) is 6. The van der Waals surface area contributed by atoms with Crippen molar-refractivity contribution in [2.24, 2.45) is 0 Å². The Balaban J connectivity index is 1.43. The van der Waals surface area contributed by atoms with Gasteiger partial charge in [0.2, 0.25) is 0 Å². The second-order valence-corrected chi connectivity index (χ2v) is 6.83. The van der Waals surface area contributed by atoms with Gasteiger partial charge in [-0.3, -0.25) is 4.79 Å². The normalized spacial score (nSPS) is 23.0. The third-order valence-corrected chi connectivity index (χ3v) is 5.03. The van der Waals surface area contributed by atoms with E-state index in [0.29, 0.717) is 17.4 Å². The summed E-state index contributed by atoms with van der Waals surface area (Å²) in [6.07, 6.45) is 9.07. The fraction of sp³-hybridized carbons (Fsp3) is 0.500. The molecule has 2 aromatic heterocycles. The van der Waals surface area contributed by atoms with Crippen molar-refractivity contribution in [2.45, 2.75) is 56.5 Å². The molecule has 0 radical (unpaired) electrons. The summed E-state index contributed by atoms with van der Waals surface area (Å²) in [5, 5.41) is 17.0. The monoisotopic (exact) mass is 336 g/mol. The van der Waals surface area contributed by atoms with Crippen LogP contribution in [0.25, 0.3) is 0 Å². The molecule has 0 bridgehead atoms. The zero-order chi connectivity index (χ0) is 17.2. The van der Waals surface area contributed by atoms with Gasteiger partial charge in [0.05, 0.1) is 11.7 Å². The predicted octanol–water partition coefficient (Wildman–Crippen LogP) is 2.38. The fourth-order valence-corrected chi connectivity index (χ4v) is 3.48. The molecule has 0 spiro atoms. The van der Waals surface area contributed by atoms with Crippen molar-refractivity contribution in [3.05, 3.63) is 46.3 Å². The van der Waals surface area contributed by atoms with Crippen molar-refractivity contribution >= 4 is 5.82 Å². The van der Waals surface area contributed by atoms with Crippen LogP contribution in [0.2, 0.25) is 0 Å². The van der Waals surface area contributed by atoms with Gasteiger partial charge in [0.25, 0.3) is 5.56 Å². The molecule has 2 heterocycles. The molecule has 4 rings (SSSR count). The molecule has 0 saturated heterocycles. The van der Waals surface area contributed by atoms with Crippen LogP contribution in [0.4, 0.5) is 5.82 Å². The van der Waals surface area contributed by atoms with E-state index in [-0.39, 0.29) is 17.6 Å². The van der Waals surface area contributed by atoms with E-state index in [2.05, 4.69) is 26.5 Å². The molecule has 7 heteroatoms. The van der Waals surface area contributed by atoms with Crippen LogP contribution in [0.5, 0.6) is 0 Å². The minimum absolute atomic E-state index is 0.0125.